The second kappa shape index (κ2) is 10.0. The van der Waals surface area contributed by atoms with E-state index in [4.69, 9.17) is 4.74 Å². The maximum atomic E-state index is 12.3. The predicted molar refractivity (Wildman–Crippen MR) is 116 cm³/mol. The van der Waals surface area contributed by atoms with Crippen molar-refractivity contribution >= 4 is 17.7 Å². The molecule has 0 unspecified atom stereocenters. The van der Waals surface area contributed by atoms with Crippen molar-refractivity contribution in [2.45, 2.75) is 13.2 Å². The smallest absolute Gasteiger partial charge is 0.269 e. The van der Waals surface area contributed by atoms with Gasteiger partial charge in [0.25, 0.3) is 5.69 Å². The molecule has 0 fully saturated rings. The van der Waals surface area contributed by atoms with Crippen molar-refractivity contribution in [3.8, 4) is 5.75 Å². The van der Waals surface area contributed by atoms with Crippen molar-refractivity contribution in [2.75, 3.05) is 0 Å². The van der Waals surface area contributed by atoms with Gasteiger partial charge in [-0.25, -0.2) is 0 Å². The molecule has 0 aliphatic carbocycles. The highest BCUT2D eigenvalue weighted by molar-refractivity contribution is 5.91. The van der Waals surface area contributed by atoms with Crippen LogP contribution in [-0.4, -0.2) is 15.4 Å². The summed E-state index contributed by atoms with van der Waals surface area (Å²) in [6.45, 7) is 0.452. The van der Waals surface area contributed by atoms with Crippen LogP contribution in [0.15, 0.2) is 77.7 Å². The quantitative estimate of drug-likeness (QED) is 0.343. The van der Waals surface area contributed by atoms with E-state index in [1.807, 2.05) is 30.3 Å². The van der Waals surface area contributed by atoms with E-state index in [0.29, 0.717) is 17.9 Å². The molecule has 0 atom stereocenters. The molecule has 3 aromatic rings. The summed E-state index contributed by atoms with van der Waals surface area (Å²) in [4.78, 5) is 34.6. The van der Waals surface area contributed by atoms with E-state index in [9.17, 15) is 19.7 Å². The Morgan fingerprint density at radius 3 is 2.55 bits per heavy atom. The van der Waals surface area contributed by atoms with Gasteiger partial charge in [0, 0.05) is 37.0 Å². The maximum absolute atomic E-state index is 12.3. The molecule has 1 heterocycles. The van der Waals surface area contributed by atoms with Crippen LogP contribution in [0.1, 0.15) is 16.8 Å². The van der Waals surface area contributed by atoms with E-state index in [0.717, 1.165) is 5.56 Å². The molecule has 0 bridgehead atoms. The molecule has 8 heteroatoms. The van der Waals surface area contributed by atoms with Crippen LogP contribution in [0.25, 0.3) is 6.08 Å². The number of hydrogen-bond acceptors (Lipinski definition) is 5. The molecule has 2 aromatic carbocycles. The predicted octanol–water partition coefficient (Wildman–Crippen LogP) is 3.20. The van der Waals surface area contributed by atoms with Crippen LogP contribution < -0.4 is 15.5 Å². The van der Waals surface area contributed by atoms with Gasteiger partial charge in [-0.15, -0.1) is 0 Å². The van der Waals surface area contributed by atoms with Crippen LogP contribution in [0, 0.1) is 10.1 Å². The number of rotatable bonds is 8. The van der Waals surface area contributed by atoms with Gasteiger partial charge in [-0.3, -0.25) is 19.7 Å². The Bertz CT molecular complexity index is 1150. The van der Waals surface area contributed by atoms with Crippen molar-refractivity contribution in [3.63, 3.8) is 0 Å². The van der Waals surface area contributed by atoms with Gasteiger partial charge < -0.3 is 14.6 Å². The summed E-state index contributed by atoms with van der Waals surface area (Å²) in [5.74, 6) is -0.116. The molecule has 0 aliphatic rings. The zero-order valence-electron chi connectivity index (χ0n) is 16.9. The molecule has 0 saturated carbocycles. The molecule has 1 amide bonds. The van der Waals surface area contributed by atoms with Crippen LogP contribution in [-0.2, 0) is 25.0 Å². The zero-order valence-corrected chi connectivity index (χ0v) is 16.9. The molecular weight excluding hydrogens is 398 g/mol. The highest BCUT2D eigenvalue weighted by Gasteiger charge is 2.07. The third-order valence-electron chi connectivity index (χ3n) is 4.52. The number of nitro groups is 1. The molecule has 0 radical (unpaired) electrons. The summed E-state index contributed by atoms with van der Waals surface area (Å²) < 4.78 is 7.35. The van der Waals surface area contributed by atoms with E-state index in [-0.39, 0.29) is 29.3 Å². The van der Waals surface area contributed by atoms with Crippen LogP contribution >= 0.6 is 0 Å². The minimum absolute atomic E-state index is 0.0151. The average molecular weight is 419 g/mol. The molecular formula is C23H21N3O5. The number of nitrogens with zero attached hydrogens (tertiary/aromatic N) is 2. The summed E-state index contributed by atoms with van der Waals surface area (Å²) in [6.07, 6.45) is 4.48. The standard InChI is InChI=1S/C23H21N3O5/c1-25-15-22(31-16-18-5-3-2-4-6-18)21(27)13-20(25)14-24-23(28)12-9-17-7-10-19(11-8-17)26(29)30/h2-13,15H,14,16H2,1H3,(H,24,28)/b12-9+. The largest absolute Gasteiger partial charge is 0.483 e. The Kier molecular flexibility index (Phi) is 6.95. The Balaban J connectivity index is 1.57. The first-order valence-corrected chi connectivity index (χ1v) is 9.49. The molecule has 8 nitrogen and oxygen atoms in total. The topological polar surface area (TPSA) is 103 Å². The number of benzene rings is 2. The van der Waals surface area contributed by atoms with Gasteiger partial charge in [0.2, 0.25) is 11.3 Å². The van der Waals surface area contributed by atoms with Gasteiger partial charge >= 0.3 is 0 Å². The van der Waals surface area contributed by atoms with Crippen molar-refractivity contribution < 1.29 is 14.5 Å². The van der Waals surface area contributed by atoms with Crippen LogP contribution in [0.3, 0.4) is 0 Å². The number of aromatic nitrogens is 1. The van der Waals surface area contributed by atoms with Crippen LogP contribution in [0.5, 0.6) is 5.75 Å². The third kappa shape index (κ3) is 6.14. The highest BCUT2D eigenvalue weighted by atomic mass is 16.6. The number of hydrogen-bond donors (Lipinski definition) is 1. The number of amides is 1. The van der Waals surface area contributed by atoms with Crippen molar-refractivity contribution in [3.05, 3.63) is 110 Å². The van der Waals surface area contributed by atoms with Crippen LogP contribution in [0.4, 0.5) is 5.69 Å². The van der Waals surface area contributed by atoms with E-state index >= 15 is 0 Å². The number of carbonyl (C=O) groups excluding carboxylic acids is 1. The molecule has 1 N–H and O–H groups in total. The molecule has 3 rings (SSSR count). The normalized spacial score (nSPS) is 10.7. The number of nitrogens with one attached hydrogen (secondary N) is 1. The number of ether oxygens (including phenoxy) is 1. The van der Waals surface area contributed by atoms with Gasteiger partial charge in [-0.1, -0.05) is 30.3 Å². The van der Waals surface area contributed by atoms with Crippen molar-refractivity contribution in [2.24, 2.45) is 7.05 Å². The lowest BCUT2D eigenvalue weighted by Gasteiger charge is -2.12. The molecule has 158 valence electrons. The second-order valence-corrected chi connectivity index (χ2v) is 6.78. The Labute approximate surface area is 178 Å². The van der Waals surface area contributed by atoms with Gasteiger partial charge in [0.05, 0.1) is 17.7 Å². The number of carbonyl (C=O) groups is 1. The van der Waals surface area contributed by atoms with Gasteiger partial charge in [0.1, 0.15) is 6.61 Å². The van der Waals surface area contributed by atoms with Gasteiger partial charge in [-0.05, 0) is 29.3 Å². The van der Waals surface area contributed by atoms with Gasteiger partial charge in [0.15, 0.2) is 5.75 Å². The van der Waals surface area contributed by atoms with E-state index in [1.54, 1.807) is 36.0 Å². The first-order valence-electron chi connectivity index (χ1n) is 9.49. The maximum Gasteiger partial charge on any atom is 0.269 e. The summed E-state index contributed by atoms with van der Waals surface area (Å²) in [5.41, 5.74) is 1.96. The summed E-state index contributed by atoms with van der Waals surface area (Å²) in [7, 11) is 1.77. The molecule has 31 heavy (non-hydrogen) atoms. The number of aryl methyl sites for hydroxylation is 1. The number of nitro benzene ring substituents is 1. The van der Waals surface area contributed by atoms with Crippen molar-refractivity contribution in [1.82, 2.24) is 9.88 Å². The molecule has 1 aromatic heterocycles. The third-order valence-corrected chi connectivity index (χ3v) is 4.52. The first-order chi connectivity index (χ1) is 14.9. The Morgan fingerprint density at radius 1 is 1.16 bits per heavy atom. The minimum atomic E-state index is -0.484. The fraction of sp³-hybridized carbons (Fsp3) is 0.130. The Hall–Kier alpha value is -4.20. The fourth-order valence-corrected chi connectivity index (χ4v) is 2.78. The molecule has 0 aliphatic heterocycles. The molecule has 0 saturated heterocycles. The van der Waals surface area contributed by atoms with E-state index in [1.165, 1.54) is 24.3 Å². The Morgan fingerprint density at radius 2 is 1.87 bits per heavy atom. The van der Waals surface area contributed by atoms with E-state index < -0.39 is 4.92 Å². The molecule has 0 spiro atoms. The lowest BCUT2D eigenvalue weighted by Crippen LogP contribution is -2.24. The number of pyridine rings is 1. The fourth-order valence-electron chi connectivity index (χ4n) is 2.78. The van der Waals surface area contributed by atoms with Gasteiger partial charge in [-0.2, -0.15) is 0 Å². The lowest BCUT2D eigenvalue weighted by molar-refractivity contribution is -0.384. The average Bonchev–Trinajstić information content (AvgIpc) is 2.78. The van der Waals surface area contributed by atoms with E-state index in [2.05, 4.69) is 5.32 Å². The highest BCUT2D eigenvalue weighted by Crippen LogP contribution is 2.13. The summed E-state index contributed by atoms with van der Waals surface area (Å²) in [6, 6.07) is 16.8. The zero-order chi connectivity index (χ0) is 22.2. The monoisotopic (exact) mass is 419 g/mol. The first kappa shape index (κ1) is 21.5. The van der Waals surface area contributed by atoms with Crippen molar-refractivity contribution in [1.29, 1.82) is 0 Å². The summed E-state index contributed by atoms with van der Waals surface area (Å²) >= 11 is 0. The van der Waals surface area contributed by atoms with Crippen LogP contribution in [0.2, 0.25) is 0 Å². The lowest BCUT2D eigenvalue weighted by atomic mass is 10.2. The second-order valence-electron chi connectivity index (χ2n) is 6.78. The summed E-state index contributed by atoms with van der Waals surface area (Å²) in [5, 5.41) is 13.4. The SMILES string of the molecule is Cn1cc(OCc2ccccc2)c(=O)cc1CNC(=O)/C=C/c1ccc([N+](=O)[O-])cc1. The number of non-ortho nitro benzene ring substituents is 1. The minimum Gasteiger partial charge on any atom is -0.483 e.